The molecule has 2 N–H and O–H groups in total. The molecule has 0 bridgehead atoms. The highest BCUT2D eigenvalue weighted by Gasteiger charge is 2.18. The Morgan fingerprint density at radius 3 is 2.80 bits per heavy atom. The Morgan fingerprint density at radius 2 is 2.20 bits per heavy atom. The lowest BCUT2D eigenvalue weighted by Crippen LogP contribution is -2.18. The summed E-state index contributed by atoms with van der Waals surface area (Å²) in [5.74, 6) is 0.821. The molecule has 0 amide bonds. The zero-order chi connectivity index (χ0) is 7.40. The van der Waals surface area contributed by atoms with Crippen molar-refractivity contribution in [1.82, 2.24) is 0 Å². The lowest BCUT2D eigenvalue weighted by atomic mass is 9.87. The Hall–Kier alpha value is 0.250. The van der Waals surface area contributed by atoms with Gasteiger partial charge in [0.25, 0.3) is 0 Å². The van der Waals surface area contributed by atoms with Crippen LogP contribution in [0.25, 0.3) is 0 Å². The number of hydrogen-bond donors (Lipinski definition) is 1. The van der Waals surface area contributed by atoms with E-state index in [1.807, 2.05) is 0 Å². The van der Waals surface area contributed by atoms with Crippen molar-refractivity contribution in [2.75, 3.05) is 6.54 Å². The zero-order valence-corrected chi connectivity index (χ0v) is 7.11. The molecule has 0 aromatic heterocycles. The van der Waals surface area contributed by atoms with Gasteiger partial charge in [-0.1, -0.05) is 12.8 Å². The van der Waals surface area contributed by atoms with E-state index in [0.717, 1.165) is 12.5 Å². The molecule has 1 aliphatic rings. The van der Waals surface area contributed by atoms with Gasteiger partial charge in [-0.05, 0) is 31.7 Å². The first kappa shape index (κ1) is 8.35. The van der Waals surface area contributed by atoms with Gasteiger partial charge in [0.1, 0.15) is 0 Å². The van der Waals surface area contributed by atoms with Crippen LogP contribution in [0.2, 0.25) is 0 Å². The minimum Gasteiger partial charge on any atom is -0.330 e. The van der Waals surface area contributed by atoms with E-state index in [1.165, 1.54) is 32.1 Å². The van der Waals surface area contributed by atoms with Crippen LogP contribution in [0.5, 0.6) is 0 Å². The van der Waals surface area contributed by atoms with Crippen LogP contribution in [-0.4, -0.2) is 11.9 Å². The SMILES string of the molecule is NCCC1CCCC(Cl)C1. The summed E-state index contributed by atoms with van der Waals surface area (Å²) in [6.07, 6.45) is 6.23. The Kier molecular flexibility index (Phi) is 3.50. The van der Waals surface area contributed by atoms with Crippen LogP contribution in [0.3, 0.4) is 0 Å². The van der Waals surface area contributed by atoms with Crippen LogP contribution >= 0.6 is 11.6 Å². The lowest BCUT2D eigenvalue weighted by Gasteiger charge is -2.24. The monoisotopic (exact) mass is 161 g/mol. The third-order valence-corrected chi connectivity index (χ3v) is 2.69. The summed E-state index contributed by atoms with van der Waals surface area (Å²) in [5.41, 5.74) is 5.46. The van der Waals surface area contributed by atoms with E-state index in [-0.39, 0.29) is 0 Å². The van der Waals surface area contributed by atoms with E-state index in [4.69, 9.17) is 17.3 Å². The van der Waals surface area contributed by atoms with Crippen molar-refractivity contribution in [1.29, 1.82) is 0 Å². The highest BCUT2D eigenvalue weighted by atomic mass is 35.5. The van der Waals surface area contributed by atoms with Crippen molar-refractivity contribution in [2.24, 2.45) is 11.7 Å². The predicted octanol–water partition coefficient (Wildman–Crippen LogP) is 2.13. The average molecular weight is 162 g/mol. The van der Waals surface area contributed by atoms with Crippen molar-refractivity contribution in [3.63, 3.8) is 0 Å². The fourth-order valence-electron chi connectivity index (χ4n) is 1.72. The molecule has 2 heteroatoms. The van der Waals surface area contributed by atoms with Gasteiger partial charge in [-0.2, -0.15) is 0 Å². The van der Waals surface area contributed by atoms with Crippen LogP contribution in [-0.2, 0) is 0 Å². The summed E-state index contributed by atoms with van der Waals surface area (Å²) in [4.78, 5) is 0. The quantitative estimate of drug-likeness (QED) is 0.617. The lowest BCUT2D eigenvalue weighted by molar-refractivity contribution is 0.347. The topological polar surface area (TPSA) is 26.0 Å². The van der Waals surface area contributed by atoms with Gasteiger partial charge in [-0.3, -0.25) is 0 Å². The van der Waals surface area contributed by atoms with Gasteiger partial charge in [-0.25, -0.2) is 0 Å². The van der Waals surface area contributed by atoms with Gasteiger partial charge in [0.2, 0.25) is 0 Å². The molecule has 0 spiro atoms. The highest BCUT2D eigenvalue weighted by molar-refractivity contribution is 6.20. The molecule has 1 nitrogen and oxygen atoms in total. The fraction of sp³-hybridized carbons (Fsp3) is 1.00. The average Bonchev–Trinajstić information content (AvgIpc) is 1.88. The second-order valence-electron chi connectivity index (χ2n) is 3.21. The highest BCUT2D eigenvalue weighted by Crippen LogP contribution is 2.29. The number of nitrogens with two attached hydrogens (primary N) is 1. The van der Waals surface area contributed by atoms with E-state index in [1.54, 1.807) is 0 Å². The molecule has 0 aromatic rings. The molecular formula is C8H16ClN. The van der Waals surface area contributed by atoms with Crippen LogP contribution in [0.4, 0.5) is 0 Å². The van der Waals surface area contributed by atoms with Gasteiger partial charge >= 0.3 is 0 Å². The van der Waals surface area contributed by atoms with E-state index < -0.39 is 0 Å². The standard InChI is InChI=1S/C8H16ClN/c9-8-3-1-2-7(6-8)4-5-10/h7-8H,1-6,10H2. The van der Waals surface area contributed by atoms with Crippen molar-refractivity contribution < 1.29 is 0 Å². The number of hydrogen-bond acceptors (Lipinski definition) is 1. The third-order valence-electron chi connectivity index (χ3n) is 2.29. The van der Waals surface area contributed by atoms with Crippen LogP contribution in [0.15, 0.2) is 0 Å². The minimum absolute atomic E-state index is 0.435. The molecule has 60 valence electrons. The van der Waals surface area contributed by atoms with Crippen molar-refractivity contribution in [2.45, 2.75) is 37.5 Å². The van der Waals surface area contributed by atoms with Gasteiger partial charge in [-0.15, -0.1) is 11.6 Å². The number of rotatable bonds is 2. The van der Waals surface area contributed by atoms with E-state index in [9.17, 15) is 0 Å². The molecule has 1 fully saturated rings. The van der Waals surface area contributed by atoms with Gasteiger partial charge < -0.3 is 5.73 Å². The van der Waals surface area contributed by atoms with Crippen molar-refractivity contribution in [3.05, 3.63) is 0 Å². The number of halogens is 1. The largest absolute Gasteiger partial charge is 0.330 e. The molecule has 1 saturated carbocycles. The Balaban J connectivity index is 2.18. The maximum Gasteiger partial charge on any atom is 0.0338 e. The molecule has 2 atom stereocenters. The maximum absolute atomic E-state index is 6.01. The van der Waals surface area contributed by atoms with E-state index >= 15 is 0 Å². The molecule has 10 heavy (non-hydrogen) atoms. The minimum atomic E-state index is 0.435. The summed E-state index contributed by atoms with van der Waals surface area (Å²) in [6.45, 7) is 0.828. The Morgan fingerprint density at radius 1 is 1.40 bits per heavy atom. The maximum atomic E-state index is 6.01. The normalized spacial score (nSPS) is 34.2. The van der Waals surface area contributed by atoms with Crippen LogP contribution in [0, 0.1) is 5.92 Å². The van der Waals surface area contributed by atoms with Gasteiger partial charge in [0.05, 0.1) is 0 Å². The second kappa shape index (κ2) is 4.20. The zero-order valence-electron chi connectivity index (χ0n) is 6.35. The summed E-state index contributed by atoms with van der Waals surface area (Å²) < 4.78 is 0. The summed E-state index contributed by atoms with van der Waals surface area (Å²) >= 11 is 6.01. The van der Waals surface area contributed by atoms with Crippen LogP contribution < -0.4 is 5.73 Å². The van der Waals surface area contributed by atoms with Crippen molar-refractivity contribution >= 4 is 11.6 Å². The molecule has 0 heterocycles. The summed E-state index contributed by atoms with van der Waals surface area (Å²) in [5, 5.41) is 0.435. The molecule has 0 radical (unpaired) electrons. The van der Waals surface area contributed by atoms with Crippen molar-refractivity contribution in [3.8, 4) is 0 Å². The molecule has 0 saturated heterocycles. The number of alkyl halides is 1. The molecule has 0 aromatic carbocycles. The summed E-state index contributed by atoms with van der Waals surface area (Å²) in [6, 6.07) is 0. The first-order chi connectivity index (χ1) is 4.83. The first-order valence-corrected chi connectivity index (χ1v) is 4.60. The first-order valence-electron chi connectivity index (χ1n) is 4.17. The summed E-state index contributed by atoms with van der Waals surface area (Å²) in [7, 11) is 0. The van der Waals surface area contributed by atoms with Gasteiger partial charge in [0.15, 0.2) is 0 Å². The smallest absolute Gasteiger partial charge is 0.0338 e. The second-order valence-corrected chi connectivity index (χ2v) is 3.82. The fourth-order valence-corrected chi connectivity index (χ4v) is 2.13. The Labute approximate surface area is 67.9 Å². The predicted molar refractivity (Wildman–Crippen MR) is 45.3 cm³/mol. The molecule has 2 unspecified atom stereocenters. The molecular weight excluding hydrogens is 146 g/mol. The van der Waals surface area contributed by atoms with E-state index in [2.05, 4.69) is 0 Å². The third kappa shape index (κ3) is 2.47. The molecule has 0 aliphatic heterocycles. The van der Waals surface area contributed by atoms with Gasteiger partial charge in [0, 0.05) is 5.38 Å². The van der Waals surface area contributed by atoms with E-state index in [0.29, 0.717) is 5.38 Å². The van der Waals surface area contributed by atoms with Crippen LogP contribution in [0.1, 0.15) is 32.1 Å². The molecule has 1 rings (SSSR count). The molecule has 1 aliphatic carbocycles. The Bertz CT molecular complexity index is 93.3.